The van der Waals surface area contributed by atoms with Crippen LogP contribution in [0.1, 0.15) is 84.4 Å². The maximum atomic E-state index is 13.1. The second-order valence-electron chi connectivity index (χ2n) is 9.88. The lowest BCUT2D eigenvalue weighted by molar-refractivity contribution is -0.122. The Morgan fingerprint density at radius 1 is 1.06 bits per heavy atom. The molecule has 0 aliphatic rings. The fourth-order valence-electron chi connectivity index (χ4n) is 3.48. The van der Waals surface area contributed by atoms with E-state index < -0.39 is 6.10 Å². The molecular formula is C27H37Cl2NO3. The van der Waals surface area contributed by atoms with Crippen molar-refractivity contribution in [1.82, 2.24) is 0 Å². The molecule has 0 aliphatic heterocycles. The first-order valence-corrected chi connectivity index (χ1v) is 12.3. The molecule has 1 atom stereocenters. The Morgan fingerprint density at radius 3 is 2.21 bits per heavy atom. The SMILES string of the molecule is CCC(Oc1ccc(C(C)(C)CC)cc1C(C)(C)CC)C(=O)Nc1c(O)cc(Cl)c(C)c1Cl. The minimum Gasteiger partial charge on any atom is -0.506 e. The van der Waals surface area contributed by atoms with Gasteiger partial charge in [-0.3, -0.25) is 4.79 Å². The van der Waals surface area contributed by atoms with Gasteiger partial charge in [0.25, 0.3) is 5.91 Å². The van der Waals surface area contributed by atoms with E-state index in [-0.39, 0.29) is 33.2 Å². The van der Waals surface area contributed by atoms with Crippen LogP contribution in [0, 0.1) is 6.92 Å². The third-order valence-electron chi connectivity index (χ3n) is 6.87. The number of nitrogens with one attached hydrogen (secondary N) is 1. The average molecular weight is 495 g/mol. The summed E-state index contributed by atoms with van der Waals surface area (Å²) in [6, 6.07) is 7.66. The fourth-order valence-corrected chi connectivity index (χ4v) is 3.97. The molecule has 2 N–H and O–H groups in total. The van der Waals surface area contributed by atoms with E-state index in [1.807, 2.05) is 13.0 Å². The van der Waals surface area contributed by atoms with Crippen molar-refractivity contribution in [3.63, 3.8) is 0 Å². The topological polar surface area (TPSA) is 58.6 Å². The summed E-state index contributed by atoms with van der Waals surface area (Å²) < 4.78 is 6.29. The van der Waals surface area contributed by atoms with Crippen molar-refractivity contribution in [1.29, 1.82) is 0 Å². The Bertz CT molecular complexity index is 1010. The van der Waals surface area contributed by atoms with Gasteiger partial charge in [-0.2, -0.15) is 0 Å². The number of ether oxygens (including phenoxy) is 1. The molecule has 6 heteroatoms. The molecule has 0 aromatic heterocycles. The van der Waals surface area contributed by atoms with Gasteiger partial charge in [0.2, 0.25) is 0 Å². The first-order valence-electron chi connectivity index (χ1n) is 11.6. The Kier molecular flexibility index (Phi) is 8.75. The van der Waals surface area contributed by atoms with E-state index >= 15 is 0 Å². The minimum atomic E-state index is -0.757. The van der Waals surface area contributed by atoms with Crippen LogP contribution >= 0.6 is 23.2 Å². The Balaban J connectivity index is 2.42. The van der Waals surface area contributed by atoms with Crippen molar-refractivity contribution < 1.29 is 14.6 Å². The number of phenolic OH excluding ortho intramolecular Hbond substituents is 1. The number of rotatable bonds is 9. The Morgan fingerprint density at radius 2 is 1.67 bits per heavy atom. The number of aromatic hydroxyl groups is 1. The van der Waals surface area contributed by atoms with E-state index in [1.165, 1.54) is 11.6 Å². The summed E-state index contributed by atoms with van der Waals surface area (Å²) in [6.07, 6.45) is 1.64. The molecule has 0 spiro atoms. The summed E-state index contributed by atoms with van der Waals surface area (Å²) in [5.41, 5.74) is 2.97. The molecule has 0 fully saturated rings. The molecule has 0 radical (unpaired) electrons. The third kappa shape index (κ3) is 5.96. The highest BCUT2D eigenvalue weighted by molar-refractivity contribution is 6.38. The zero-order valence-corrected chi connectivity index (χ0v) is 22.5. The second-order valence-corrected chi connectivity index (χ2v) is 10.7. The summed E-state index contributed by atoms with van der Waals surface area (Å²) in [5.74, 6) is 0.134. The van der Waals surface area contributed by atoms with Crippen molar-refractivity contribution in [3.8, 4) is 11.5 Å². The number of amides is 1. The smallest absolute Gasteiger partial charge is 0.265 e. The monoisotopic (exact) mass is 493 g/mol. The number of benzene rings is 2. The van der Waals surface area contributed by atoms with Crippen LogP contribution in [0.5, 0.6) is 11.5 Å². The zero-order valence-electron chi connectivity index (χ0n) is 21.0. The molecular weight excluding hydrogens is 457 g/mol. The minimum absolute atomic E-state index is 0.0410. The van der Waals surface area contributed by atoms with Gasteiger partial charge in [-0.15, -0.1) is 0 Å². The predicted molar refractivity (Wildman–Crippen MR) is 139 cm³/mol. The number of phenols is 1. The molecule has 2 rings (SSSR count). The first-order chi connectivity index (χ1) is 15.3. The summed E-state index contributed by atoms with van der Waals surface area (Å²) in [7, 11) is 0. The number of halogens is 2. The normalized spacial score (nSPS) is 13.0. The lowest BCUT2D eigenvalue weighted by Crippen LogP contribution is -2.33. The average Bonchev–Trinajstić information content (AvgIpc) is 2.78. The molecule has 0 heterocycles. The van der Waals surface area contributed by atoms with Crippen molar-refractivity contribution in [3.05, 3.63) is 51.0 Å². The van der Waals surface area contributed by atoms with Crippen LogP contribution in [0.15, 0.2) is 24.3 Å². The van der Waals surface area contributed by atoms with Gasteiger partial charge in [-0.25, -0.2) is 0 Å². The van der Waals surface area contributed by atoms with E-state index in [0.29, 0.717) is 22.8 Å². The molecule has 1 amide bonds. The van der Waals surface area contributed by atoms with E-state index in [4.69, 9.17) is 27.9 Å². The molecule has 182 valence electrons. The van der Waals surface area contributed by atoms with Crippen LogP contribution in [-0.4, -0.2) is 17.1 Å². The highest BCUT2D eigenvalue weighted by Crippen LogP contribution is 2.40. The van der Waals surface area contributed by atoms with Gasteiger partial charge in [0.05, 0.1) is 5.02 Å². The van der Waals surface area contributed by atoms with Gasteiger partial charge in [0.15, 0.2) is 6.10 Å². The molecule has 0 saturated heterocycles. The van der Waals surface area contributed by atoms with Crippen molar-refractivity contribution in [2.45, 2.75) is 91.6 Å². The molecule has 33 heavy (non-hydrogen) atoms. The van der Waals surface area contributed by atoms with E-state index in [2.05, 4.69) is 59.0 Å². The maximum absolute atomic E-state index is 13.1. The van der Waals surface area contributed by atoms with Gasteiger partial charge in [-0.05, 0) is 54.2 Å². The van der Waals surface area contributed by atoms with Crippen LogP contribution in [0.4, 0.5) is 5.69 Å². The first kappa shape index (κ1) is 27.3. The molecule has 4 nitrogen and oxygen atoms in total. The molecule has 1 unspecified atom stereocenters. The quantitative estimate of drug-likeness (QED) is 0.346. The van der Waals surface area contributed by atoms with Crippen LogP contribution in [-0.2, 0) is 15.6 Å². The maximum Gasteiger partial charge on any atom is 0.265 e. The van der Waals surface area contributed by atoms with Crippen LogP contribution in [0.25, 0.3) is 0 Å². The van der Waals surface area contributed by atoms with Crippen molar-refractivity contribution >= 4 is 34.8 Å². The van der Waals surface area contributed by atoms with Gasteiger partial charge in [0.1, 0.15) is 17.2 Å². The molecule has 0 saturated carbocycles. The summed E-state index contributed by atoms with van der Waals surface area (Å²) in [5, 5.41) is 13.6. The largest absolute Gasteiger partial charge is 0.506 e. The number of hydrogen-bond acceptors (Lipinski definition) is 3. The van der Waals surface area contributed by atoms with Crippen LogP contribution < -0.4 is 10.1 Å². The molecule has 0 bridgehead atoms. The molecule has 0 aliphatic carbocycles. The fraction of sp³-hybridized carbons (Fsp3) is 0.519. The second kappa shape index (κ2) is 10.6. The Labute approximate surface area is 208 Å². The van der Waals surface area contributed by atoms with Gasteiger partial charge >= 0.3 is 0 Å². The highest BCUT2D eigenvalue weighted by Gasteiger charge is 2.29. The number of carbonyl (C=O) groups is 1. The van der Waals surface area contributed by atoms with Gasteiger partial charge < -0.3 is 15.2 Å². The number of carbonyl (C=O) groups excluding carboxylic acids is 1. The van der Waals surface area contributed by atoms with Crippen molar-refractivity contribution in [2.75, 3.05) is 5.32 Å². The van der Waals surface area contributed by atoms with E-state index in [9.17, 15) is 9.90 Å². The predicted octanol–water partition coefficient (Wildman–Crippen LogP) is 8.18. The number of hydrogen-bond donors (Lipinski definition) is 2. The lowest BCUT2D eigenvalue weighted by Gasteiger charge is -2.31. The molecule has 2 aromatic rings. The van der Waals surface area contributed by atoms with Crippen LogP contribution in [0.2, 0.25) is 10.0 Å². The van der Waals surface area contributed by atoms with Gasteiger partial charge in [-0.1, -0.05) is 83.8 Å². The molecule has 2 aromatic carbocycles. The lowest BCUT2D eigenvalue weighted by atomic mass is 9.76. The van der Waals surface area contributed by atoms with E-state index in [0.717, 1.165) is 18.4 Å². The Hall–Kier alpha value is -1.91. The van der Waals surface area contributed by atoms with Crippen LogP contribution in [0.3, 0.4) is 0 Å². The standard InChI is InChI=1S/C27H37Cl2NO3/c1-9-21(25(32)30-24-20(31)15-19(28)16(4)23(24)29)33-22-13-12-17(26(5,6)10-2)14-18(22)27(7,8)11-3/h12-15,21,31H,9-11H2,1-8H3,(H,30,32). The van der Waals surface area contributed by atoms with Crippen molar-refractivity contribution in [2.24, 2.45) is 0 Å². The summed E-state index contributed by atoms with van der Waals surface area (Å²) in [6.45, 7) is 16.8. The number of anilines is 1. The summed E-state index contributed by atoms with van der Waals surface area (Å²) in [4.78, 5) is 13.1. The van der Waals surface area contributed by atoms with E-state index in [1.54, 1.807) is 6.92 Å². The third-order valence-corrected chi connectivity index (χ3v) is 7.73. The highest BCUT2D eigenvalue weighted by atomic mass is 35.5. The van der Waals surface area contributed by atoms with Gasteiger partial charge in [0, 0.05) is 16.7 Å². The summed E-state index contributed by atoms with van der Waals surface area (Å²) >= 11 is 12.4. The zero-order chi connectivity index (χ0) is 25.1.